The summed E-state index contributed by atoms with van der Waals surface area (Å²) < 4.78 is 0. The van der Waals surface area contributed by atoms with Crippen LogP contribution in [0, 0.1) is 11.8 Å². The number of hydrogen-bond donors (Lipinski definition) is 1. The molecule has 11 heavy (non-hydrogen) atoms. The molecule has 66 valence electrons. The minimum atomic E-state index is 0.830. The Balaban J connectivity index is 2.01. The molecule has 0 aromatic heterocycles. The average Bonchev–Trinajstić information content (AvgIpc) is 2.03. The number of rotatable bonds is 4. The van der Waals surface area contributed by atoms with Crippen molar-refractivity contribution in [1.82, 2.24) is 5.32 Å². The maximum Gasteiger partial charge on any atom is 0.00978 e. The molecule has 0 spiro atoms. The van der Waals surface area contributed by atoms with Crippen molar-refractivity contribution >= 4 is 0 Å². The van der Waals surface area contributed by atoms with Gasteiger partial charge in [-0.3, -0.25) is 0 Å². The Morgan fingerprint density at radius 1 is 1.36 bits per heavy atom. The van der Waals surface area contributed by atoms with Crippen LogP contribution in [0.2, 0.25) is 0 Å². The summed E-state index contributed by atoms with van der Waals surface area (Å²) in [7, 11) is 0. The lowest BCUT2D eigenvalue weighted by Crippen LogP contribution is -2.48. The van der Waals surface area contributed by atoms with Gasteiger partial charge in [-0.15, -0.1) is 0 Å². The van der Waals surface area contributed by atoms with Crippen molar-refractivity contribution in [2.75, 3.05) is 6.54 Å². The van der Waals surface area contributed by atoms with Crippen LogP contribution in [0.25, 0.3) is 0 Å². The van der Waals surface area contributed by atoms with E-state index in [4.69, 9.17) is 0 Å². The Bertz CT molecular complexity index is 111. The highest BCUT2D eigenvalue weighted by atomic mass is 14.9. The van der Waals surface area contributed by atoms with E-state index < -0.39 is 0 Å². The summed E-state index contributed by atoms with van der Waals surface area (Å²) in [4.78, 5) is 0. The van der Waals surface area contributed by atoms with Gasteiger partial charge in [0.15, 0.2) is 0 Å². The SMILES string of the molecule is CCCCNC1CC(C)C1C. The van der Waals surface area contributed by atoms with Crippen molar-refractivity contribution in [2.45, 2.75) is 46.1 Å². The first-order valence-corrected chi connectivity index (χ1v) is 4.99. The van der Waals surface area contributed by atoms with Crippen LogP contribution in [-0.4, -0.2) is 12.6 Å². The Morgan fingerprint density at radius 3 is 2.55 bits per heavy atom. The molecule has 0 saturated heterocycles. The van der Waals surface area contributed by atoms with Gasteiger partial charge in [-0.1, -0.05) is 27.2 Å². The maximum atomic E-state index is 3.60. The van der Waals surface area contributed by atoms with Gasteiger partial charge in [0.05, 0.1) is 0 Å². The topological polar surface area (TPSA) is 12.0 Å². The average molecular weight is 155 g/mol. The van der Waals surface area contributed by atoms with Gasteiger partial charge in [0.25, 0.3) is 0 Å². The molecule has 0 radical (unpaired) electrons. The van der Waals surface area contributed by atoms with Crippen molar-refractivity contribution in [1.29, 1.82) is 0 Å². The summed E-state index contributed by atoms with van der Waals surface area (Å²) in [5.41, 5.74) is 0. The molecule has 1 saturated carbocycles. The molecule has 0 amide bonds. The number of nitrogens with one attached hydrogen (secondary N) is 1. The Morgan fingerprint density at radius 2 is 2.09 bits per heavy atom. The molecule has 1 rings (SSSR count). The summed E-state index contributed by atoms with van der Waals surface area (Å²) in [6, 6.07) is 0.830. The highest BCUT2D eigenvalue weighted by Crippen LogP contribution is 2.33. The third-order valence-electron chi connectivity index (χ3n) is 3.09. The molecule has 1 N–H and O–H groups in total. The Hall–Kier alpha value is -0.0400. The fourth-order valence-corrected chi connectivity index (χ4v) is 1.76. The molecule has 1 nitrogen and oxygen atoms in total. The minimum Gasteiger partial charge on any atom is -0.314 e. The second kappa shape index (κ2) is 4.10. The number of hydrogen-bond acceptors (Lipinski definition) is 1. The fraction of sp³-hybridized carbons (Fsp3) is 1.00. The second-order valence-corrected chi connectivity index (χ2v) is 3.99. The van der Waals surface area contributed by atoms with Crippen LogP contribution in [0.3, 0.4) is 0 Å². The van der Waals surface area contributed by atoms with Crippen LogP contribution >= 0.6 is 0 Å². The normalized spacial score (nSPS) is 36.8. The van der Waals surface area contributed by atoms with Crippen LogP contribution in [0.4, 0.5) is 0 Å². The van der Waals surface area contributed by atoms with Crippen LogP contribution in [0.5, 0.6) is 0 Å². The highest BCUT2D eigenvalue weighted by Gasteiger charge is 2.33. The second-order valence-electron chi connectivity index (χ2n) is 3.99. The van der Waals surface area contributed by atoms with Crippen molar-refractivity contribution < 1.29 is 0 Å². The molecule has 0 aliphatic heterocycles. The van der Waals surface area contributed by atoms with Gasteiger partial charge in [0.2, 0.25) is 0 Å². The highest BCUT2D eigenvalue weighted by molar-refractivity contribution is 4.88. The summed E-state index contributed by atoms with van der Waals surface area (Å²) in [5, 5.41) is 3.60. The molecular formula is C10H21N. The van der Waals surface area contributed by atoms with Gasteiger partial charge < -0.3 is 5.32 Å². The molecule has 0 bridgehead atoms. The zero-order valence-electron chi connectivity index (χ0n) is 8.06. The van der Waals surface area contributed by atoms with Gasteiger partial charge in [-0.05, 0) is 31.2 Å². The molecule has 1 aliphatic rings. The van der Waals surface area contributed by atoms with E-state index in [1.807, 2.05) is 0 Å². The summed E-state index contributed by atoms with van der Waals surface area (Å²) in [6.45, 7) is 8.17. The predicted octanol–water partition coefficient (Wildman–Crippen LogP) is 2.42. The van der Waals surface area contributed by atoms with Gasteiger partial charge in [-0.25, -0.2) is 0 Å². The predicted molar refractivity (Wildman–Crippen MR) is 49.6 cm³/mol. The number of unbranched alkanes of at least 4 members (excludes halogenated alkanes) is 1. The fourth-order valence-electron chi connectivity index (χ4n) is 1.76. The van der Waals surface area contributed by atoms with E-state index in [0.29, 0.717) is 0 Å². The van der Waals surface area contributed by atoms with Crippen LogP contribution in [0.15, 0.2) is 0 Å². The molecule has 0 aromatic carbocycles. The lowest BCUT2D eigenvalue weighted by atomic mass is 9.71. The zero-order chi connectivity index (χ0) is 8.27. The van der Waals surface area contributed by atoms with Crippen LogP contribution in [0.1, 0.15) is 40.0 Å². The molecule has 0 heterocycles. The first kappa shape index (κ1) is 9.05. The van der Waals surface area contributed by atoms with Crippen LogP contribution in [-0.2, 0) is 0 Å². The molecular weight excluding hydrogens is 134 g/mol. The van der Waals surface area contributed by atoms with Crippen LogP contribution < -0.4 is 5.32 Å². The molecule has 1 heteroatoms. The monoisotopic (exact) mass is 155 g/mol. The Labute approximate surface area is 70.6 Å². The molecule has 0 aromatic rings. The lowest BCUT2D eigenvalue weighted by Gasteiger charge is -2.41. The largest absolute Gasteiger partial charge is 0.314 e. The van der Waals surface area contributed by atoms with Crippen molar-refractivity contribution in [3.63, 3.8) is 0 Å². The summed E-state index contributed by atoms with van der Waals surface area (Å²) >= 11 is 0. The van der Waals surface area contributed by atoms with E-state index in [9.17, 15) is 0 Å². The molecule has 3 atom stereocenters. The Kier molecular flexibility index (Phi) is 3.38. The van der Waals surface area contributed by atoms with E-state index in [1.165, 1.54) is 25.8 Å². The van der Waals surface area contributed by atoms with E-state index in [0.717, 1.165) is 17.9 Å². The quantitative estimate of drug-likeness (QED) is 0.615. The lowest BCUT2D eigenvalue weighted by molar-refractivity contribution is 0.138. The van der Waals surface area contributed by atoms with Gasteiger partial charge in [-0.2, -0.15) is 0 Å². The van der Waals surface area contributed by atoms with Gasteiger partial charge in [0.1, 0.15) is 0 Å². The van der Waals surface area contributed by atoms with E-state index >= 15 is 0 Å². The summed E-state index contributed by atoms with van der Waals surface area (Å²) in [5.74, 6) is 1.86. The van der Waals surface area contributed by atoms with E-state index in [-0.39, 0.29) is 0 Å². The van der Waals surface area contributed by atoms with E-state index in [1.54, 1.807) is 0 Å². The standard InChI is InChI=1S/C10H21N/c1-4-5-6-11-10-7-8(2)9(10)3/h8-11H,4-7H2,1-3H3. The molecule has 3 unspecified atom stereocenters. The van der Waals surface area contributed by atoms with Crippen molar-refractivity contribution in [3.05, 3.63) is 0 Å². The molecule has 1 fully saturated rings. The third kappa shape index (κ3) is 2.19. The zero-order valence-corrected chi connectivity index (χ0v) is 8.06. The third-order valence-corrected chi connectivity index (χ3v) is 3.09. The molecule has 1 aliphatic carbocycles. The van der Waals surface area contributed by atoms with E-state index in [2.05, 4.69) is 26.1 Å². The smallest absolute Gasteiger partial charge is 0.00978 e. The maximum absolute atomic E-state index is 3.60. The first-order chi connectivity index (χ1) is 5.25. The van der Waals surface area contributed by atoms with Gasteiger partial charge in [0, 0.05) is 6.04 Å². The summed E-state index contributed by atoms with van der Waals surface area (Å²) in [6.07, 6.45) is 4.03. The first-order valence-electron chi connectivity index (χ1n) is 4.99. The van der Waals surface area contributed by atoms with Crippen molar-refractivity contribution in [2.24, 2.45) is 11.8 Å². The minimum absolute atomic E-state index is 0.830. The van der Waals surface area contributed by atoms with Crippen molar-refractivity contribution in [3.8, 4) is 0 Å². The van der Waals surface area contributed by atoms with Gasteiger partial charge >= 0.3 is 0 Å².